The summed E-state index contributed by atoms with van der Waals surface area (Å²) in [5, 5.41) is 0. The number of nitrogens with zero attached hydrogens (tertiary/aromatic N) is 4. The second-order valence-corrected chi connectivity index (χ2v) is 5.98. The molecule has 0 saturated heterocycles. The Hall–Kier alpha value is -3.21. The number of halogens is 1. The fourth-order valence-electron chi connectivity index (χ4n) is 2.16. The van der Waals surface area contributed by atoms with Gasteiger partial charge in [-0.2, -0.15) is 4.98 Å². The summed E-state index contributed by atoms with van der Waals surface area (Å²) in [4.78, 5) is 45.0. The van der Waals surface area contributed by atoms with Crippen molar-refractivity contribution in [3.63, 3.8) is 0 Å². The molecule has 0 aromatic carbocycles. The molecule has 1 aromatic heterocycles. The van der Waals surface area contributed by atoms with Gasteiger partial charge in [0.2, 0.25) is 0 Å². The van der Waals surface area contributed by atoms with Crippen LogP contribution >= 0.6 is 0 Å². The van der Waals surface area contributed by atoms with Crippen molar-refractivity contribution < 1.29 is 28.2 Å². The summed E-state index contributed by atoms with van der Waals surface area (Å²) in [5.74, 6) is -1.94. The van der Waals surface area contributed by atoms with E-state index in [2.05, 4.69) is 15.0 Å². The smallest absolute Gasteiger partial charge is 0.350 e. The van der Waals surface area contributed by atoms with Gasteiger partial charge in [-0.05, 0) is 26.8 Å². The van der Waals surface area contributed by atoms with Crippen LogP contribution in [-0.4, -0.2) is 59.9 Å². The number of esters is 2. The van der Waals surface area contributed by atoms with E-state index in [-0.39, 0.29) is 12.3 Å². The highest BCUT2D eigenvalue weighted by Crippen LogP contribution is 2.20. The zero-order valence-corrected chi connectivity index (χ0v) is 19.4. The molecule has 3 unspecified atom stereocenters. The van der Waals surface area contributed by atoms with Crippen molar-refractivity contribution in [2.75, 3.05) is 13.7 Å². The van der Waals surface area contributed by atoms with Gasteiger partial charge in [0.15, 0.2) is 18.1 Å². The Morgan fingerprint density at radius 2 is 2.03 bits per heavy atom. The monoisotopic (exact) mass is 454 g/mol. The molecule has 0 N–H and O–H groups in total. The highest BCUT2D eigenvalue weighted by atomic mass is 19.1. The van der Waals surface area contributed by atoms with Crippen molar-refractivity contribution >= 4 is 24.5 Å². The molecule has 32 heavy (non-hydrogen) atoms. The average molecular weight is 454 g/mol. The van der Waals surface area contributed by atoms with Gasteiger partial charge in [0, 0.05) is 26.4 Å². The van der Waals surface area contributed by atoms with Crippen molar-refractivity contribution in [2.45, 2.75) is 60.0 Å². The lowest BCUT2D eigenvalue weighted by Crippen LogP contribution is -2.31. The van der Waals surface area contributed by atoms with E-state index in [0.717, 1.165) is 10.8 Å². The molecular weight excluding hydrogens is 423 g/mol. The molecule has 2 heterocycles. The van der Waals surface area contributed by atoms with Crippen LogP contribution < -0.4 is 5.69 Å². The summed E-state index contributed by atoms with van der Waals surface area (Å²) in [5.41, 5.74) is -0.646. The topological polar surface area (TPSA) is 121 Å². The Morgan fingerprint density at radius 1 is 1.38 bits per heavy atom. The van der Waals surface area contributed by atoms with Crippen LogP contribution in [0.15, 0.2) is 33.1 Å². The minimum atomic E-state index is -1.03. The third-order valence-corrected chi connectivity index (χ3v) is 3.56. The van der Waals surface area contributed by atoms with E-state index < -0.39 is 41.9 Å². The molecule has 1 aliphatic heterocycles. The second-order valence-electron chi connectivity index (χ2n) is 5.98. The number of carbonyl (C=O) groups is 2. The number of hydrogen-bond donors (Lipinski definition) is 0. The predicted octanol–water partition coefficient (Wildman–Crippen LogP) is 2.40. The lowest BCUT2D eigenvalue weighted by molar-refractivity contribution is -0.167. The maximum atomic E-state index is 13.5. The predicted molar refractivity (Wildman–Crippen MR) is 118 cm³/mol. The molecule has 0 aliphatic carbocycles. The highest BCUT2D eigenvalue weighted by Gasteiger charge is 2.25. The lowest BCUT2D eigenvalue weighted by Gasteiger charge is -2.17. The van der Waals surface area contributed by atoms with Crippen LogP contribution in [0.5, 0.6) is 0 Å². The molecule has 1 aliphatic rings. The summed E-state index contributed by atoms with van der Waals surface area (Å²) in [6.45, 7) is 9.68. The van der Waals surface area contributed by atoms with Gasteiger partial charge < -0.3 is 14.2 Å². The summed E-state index contributed by atoms with van der Waals surface area (Å²) in [6.07, 6.45) is 4.84. The SMILES string of the molecule is CC.CC(=O)OC(C)C(=O)OCC1C=CC(n2cc(F)c(C)nc2=O)O1.CC=NC=NC. The van der Waals surface area contributed by atoms with Crippen LogP contribution in [-0.2, 0) is 23.8 Å². The van der Waals surface area contributed by atoms with Gasteiger partial charge in [0.25, 0.3) is 0 Å². The number of carbonyl (C=O) groups excluding carboxylic acids is 2. The molecule has 0 amide bonds. The molecule has 1 aromatic rings. The van der Waals surface area contributed by atoms with Crippen molar-refractivity contribution in [2.24, 2.45) is 9.98 Å². The van der Waals surface area contributed by atoms with Crippen molar-refractivity contribution in [1.82, 2.24) is 9.55 Å². The van der Waals surface area contributed by atoms with Crippen molar-refractivity contribution in [3.8, 4) is 0 Å². The molecule has 0 radical (unpaired) electrons. The molecular formula is C21H31FN4O6. The lowest BCUT2D eigenvalue weighted by atomic mass is 10.3. The van der Waals surface area contributed by atoms with Crippen molar-refractivity contribution in [1.29, 1.82) is 0 Å². The van der Waals surface area contributed by atoms with E-state index in [0.29, 0.717) is 0 Å². The maximum Gasteiger partial charge on any atom is 0.350 e. The zero-order valence-electron chi connectivity index (χ0n) is 19.4. The number of aliphatic imine (C=N–C) groups is 2. The normalized spacial score (nSPS) is 17.9. The molecule has 178 valence electrons. The van der Waals surface area contributed by atoms with E-state index in [1.54, 1.807) is 19.3 Å². The minimum absolute atomic E-state index is 0.00293. The molecule has 0 fully saturated rings. The first-order valence-corrected chi connectivity index (χ1v) is 10.0. The molecule has 11 heteroatoms. The van der Waals surface area contributed by atoms with E-state index in [1.165, 1.54) is 33.2 Å². The minimum Gasteiger partial charge on any atom is -0.460 e. The van der Waals surface area contributed by atoms with E-state index >= 15 is 0 Å². The molecule has 0 spiro atoms. The fraction of sp³-hybridized carbons (Fsp3) is 0.524. The number of aromatic nitrogens is 2. The highest BCUT2D eigenvalue weighted by molar-refractivity contribution is 5.78. The maximum absolute atomic E-state index is 13.5. The number of ether oxygens (including phenoxy) is 3. The Kier molecular flexibility index (Phi) is 14.0. The van der Waals surface area contributed by atoms with E-state index in [1.807, 2.05) is 20.8 Å². The largest absolute Gasteiger partial charge is 0.460 e. The third kappa shape index (κ3) is 10.2. The van der Waals surface area contributed by atoms with Crippen LogP contribution in [0.4, 0.5) is 4.39 Å². The fourth-order valence-corrected chi connectivity index (χ4v) is 2.16. The van der Waals surface area contributed by atoms with Gasteiger partial charge >= 0.3 is 17.6 Å². The number of rotatable bonds is 6. The van der Waals surface area contributed by atoms with Gasteiger partial charge in [-0.15, -0.1) is 0 Å². The first kappa shape index (κ1) is 28.8. The van der Waals surface area contributed by atoms with Crippen LogP contribution in [0.2, 0.25) is 0 Å². The summed E-state index contributed by atoms with van der Waals surface area (Å²) in [7, 11) is 1.69. The van der Waals surface area contributed by atoms with E-state index in [4.69, 9.17) is 14.2 Å². The first-order chi connectivity index (χ1) is 15.2. The van der Waals surface area contributed by atoms with Gasteiger partial charge in [0.1, 0.15) is 19.0 Å². The van der Waals surface area contributed by atoms with Crippen molar-refractivity contribution in [3.05, 3.63) is 40.3 Å². The van der Waals surface area contributed by atoms with Crippen LogP contribution in [0.3, 0.4) is 0 Å². The third-order valence-electron chi connectivity index (χ3n) is 3.56. The Labute approximate surface area is 186 Å². The summed E-state index contributed by atoms with van der Waals surface area (Å²) >= 11 is 0. The Bertz CT molecular complexity index is 872. The van der Waals surface area contributed by atoms with Crippen LogP contribution in [0.25, 0.3) is 0 Å². The molecule has 2 rings (SSSR count). The molecule has 0 bridgehead atoms. The van der Waals surface area contributed by atoms with Gasteiger partial charge in [0.05, 0.1) is 5.69 Å². The van der Waals surface area contributed by atoms with E-state index in [9.17, 15) is 18.8 Å². The first-order valence-electron chi connectivity index (χ1n) is 10.0. The molecule has 3 atom stereocenters. The number of aryl methyl sites for hydroxylation is 1. The average Bonchev–Trinajstić information content (AvgIpc) is 3.23. The summed E-state index contributed by atoms with van der Waals surface area (Å²) in [6, 6.07) is 0. The summed E-state index contributed by atoms with van der Waals surface area (Å²) < 4.78 is 29.7. The zero-order chi connectivity index (χ0) is 24.7. The van der Waals surface area contributed by atoms with Gasteiger partial charge in [-0.1, -0.05) is 19.9 Å². The molecule has 10 nitrogen and oxygen atoms in total. The van der Waals surface area contributed by atoms with Crippen LogP contribution in [0.1, 0.15) is 46.5 Å². The Morgan fingerprint density at radius 3 is 2.56 bits per heavy atom. The number of hydrogen-bond acceptors (Lipinski definition) is 8. The standard InChI is InChI=1S/C15H17FN2O6.C4H8N2.C2H6/c1-8-12(16)6-18(15(21)17-8)13-5-4-11(24-13)7-22-14(20)9(2)23-10(3)19;1-3-6-4-5-2;1-2/h4-6,9,11,13H,7H2,1-3H3;3-4H,1-2H3;1-2H3. The second kappa shape index (κ2) is 15.6. The Balaban J connectivity index is 0.00000104. The van der Waals surface area contributed by atoms with Crippen LogP contribution in [0, 0.1) is 12.7 Å². The van der Waals surface area contributed by atoms with Gasteiger partial charge in [-0.25, -0.2) is 14.0 Å². The molecule has 0 saturated carbocycles. The van der Waals surface area contributed by atoms with Gasteiger partial charge in [-0.3, -0.25) is 19.3 Å². The quantitative estimate of drug-likeness (QED) is 0.280.